The number of benzene rings is 1. The van der Waals surface area contributed by atoms with Crippen molar-refractivity contribution in [2.45, 2.75) is 6.18 Å². The lowest BCUT2D eigenvalue weighted by Gasteiger charge is -2.11. The number of alkyl halides is 3. The second kappa shape index (κ2) is 5.92. The van der Waals surface area contributed by atoms with Gasteiger partial charge in [-0.15, -0.1) is 11.3 Å². The number of hydrogen-bond donors (Lipinski definition) is 1. The zero-order valence-corrected chi connectivity index (χ0v) is 13.3. The van der Waals surface area contributed by atoms with Crippen molar-refractivity contribution >= 4 is 28.3 Å². The van der Waals surface area contributed by atoms with Crippen molar-refractivity contribution in [1.29, 1.82) is 0 Å². The van der Waals surface area contributed by atoms with Crippen LogP contribution in [0.15, 0.2) is 39.5 Å². The van der Waals surface area contributed by atoms with Gasteiger partial charge in [-0.3, -0.25) is 4.79 Å². The maximum absolute atomic E-state index is 13.4. The molecule has 0 saturated heterocycles. The third kappa shape index (κ3) is 2.98. The fraction of sp³-hybridized carbons (Fsp3) is 0.125. The Hall–Kier alpha value is -2.81. The standard InChI is InChI=1S/C16H9F3O5S/c1-23-15(22)11-5-4-10(25-11)12-13(21)8-3-2-7(20)6-9(8)24-14(12)16(17,18)19/h2-6,20H,1H3. The van der Waals surface area contributed by atoms with Crippen molar-refractivity contribution in [2.24, 2.45) is 0 Å². The lowest BCUT2D eigenvalue weighted by Crippen LogP contribution is -2.15. The first-order chi connectivity index (χ1) is 11.7. The SMILES string of the molecule is COC(=O)c1ccc(-c2c(C(F)(F)F)oc3cc(O)ccc3c2=O)s1. The zero-order valence-electron chi connectivity index (χ0n) is 12.5. The highest BCUT2D eigenvalue weighted by atomic mass is 32.1. The van der Waals surface area contributed by atoms with Crippen LogP contribution in [0.25, 0.3) is 21.4 Å². The summed E-state index contributed by atoms with van der Waals surface area (Å²) in [6.07, 6.45) is -4.94. The smallest absolute Gasteiger partial charge is 0.450 e. The fourth-order valence-electron chi connectivity index (χ4n) is 2.29. The molecule has 0 aliphatic carbocycles. The minimum Gasteiger partial charge on any atom is -0.508 e. The highest BCUT2D eigenvalue weighted by molar-refractivity contribution is 7.17. The van der Waals surface area contributed by atoms with Gasteiger partial charge in [0.05, 0.1) is 18.1 Å². The van der Waals surface area contributed by atoms with E-state index in [4.69, 9.17) is 4.42 Å². The lowest BCUT2D eigenvalue weighted by molar-refractivity contribution is -0.152. The maximum atomic E-state index is 13.4. The van der Waals surface area contributed by atoms with Crippen molar-refractivity contribution < 1.29 is 32.2 Å². The molecule has 2 aromatic heterocycles. The molecule has 1 aromatic carbocycles. The number of thiophene rings is 1. The molecule has 5 nitrogen and oxygen atoms in total. The third-order valence-corrected chi connectivity index (χ3v) is 4.46. The van der Waals surface area contributed by atoms with Crippen molar-refractivity contribution in [3.05, 3.63) is 51.2 Å². The molecule has 0 radical (unpaired) electrons. The minimum absolute atomic E-state index is 0.0517. The number of esters is 1. The quantitative estimate of drug-likeness (QED) is 0.689. The Balaban J connectivity index is 2.34. The third-order valence-electron chi connectivity index (χ3n) is 3.37. The van der Waals surface area contributed by atoms with E-state index in [-0.39, 0.29) is 26.5 Å². The van der Waals surface area contributed by atoms with Gasteiger partial charge in [0.1, 0.15) is 16.2 Å². The summed E-state index contributed by atoms with van der Waals surface area (Å²) in [5.41, 5.74) is -1.98. The van der Waals surface area contributed by atoms with Crippen LogP contribution in [0.5, 0.6) is 5.75 Å². The summed E-state index contributed by atoms with van der Waals surface area (Å²) in [6.45, 7) is 0. The Morgan fingerprint density at radius 1 is 1.24 bits per heavy atom. The van der Waals surface area contributed by atoms with Crippen LogP contribution in [-0.2, 0) is 10.9 Å². The summed E-state index contributed by atoms with van der Waals surface area (Å²) in [5, 5.41) is 9.28. The van der Waals surface area contributed by atoms with Crippen molar-refractivity contribution in [3.63, 3.8) is 0 Å². The van der Waals surface area contributed by atoms with E-state index in [1.54, 1.807) is 0 Å². The van der Waals surface area contributed by atoms with Crippen LogP contribution < -0.4 is 5.43 Å². The van der Waals surface area contributed by atoms with Crippen LogP contribution >= 0.6 is 11.3 Å². The molecule has 0 aliphatic rings. The van der Waals surface area contributed by atoms with Gasteiger partial charge in [-0.2, -0.15) is 13.2 Å². The number of phenolic OH excluding ortho intramolecular Hbond substituents is 1. The van der Waals surface area contributed by atoms with Gasteiger partial charge in [0.25, 0.3) is 0 Å². The molecular weight excluding hydrogens is 361 g/mol. The first-order valence-corrected chi connectivity index (χ1v) is 7.59. The second-order valence-corrected chi connectivity index (χ2v) is 6.05. The van der Waals surface area contributed by atoms with Gasteiger partial charge in [-0.1, -0.05) is 0 Å². The number of aromatic hydroxyl groups is 1. The Kier molecular flexibility index (Phi) is 4.03. The Bertz CT molecular complexity index is 1030. The molecular formula is C16H9F3O5S. The van der Waals surface area contributed by atoms with Gasteiger partial charge >= 0.3 is 12.1 Å². The van der Waals surface area contributed by atoms with E-state index in [0.717, 1.165) is 13.2 Å². The van der Waals surface area contributed by atoms with Crippen LogP contribution in [0.4, 0.5) is 13.2 Å². The number of phenols is 1. The van der Waals surface area contributed by atoms with Crippen LogP contribution in [0.1, 0.15) is 15.4 Å². The predicted molar refractivity (Wildman–Crippen MR) is 83.8 cm³/mol. The van der Waals surface area contributed by atoms with Gasteiger partial charge in [-0.25, -0.2) is 4.79 Å². The molecule has 130 valence electrons. The van der Waals surface area contributed by atoms with E-state index < -0.39 is 28.9 Å². The largest absolute Gasteiger partial charge is 0.508 e. The fourth-order valence-corrected chi connectivity index (χ4v) is 3.25. The molecule has 25 heavy (non-hydrogen) atoms. The maximum Gasteiger partial charge on any atom is 0.450 e. The summed E-state index contributed by atoms with van der Waals surface area (Å²) in [7, 11) is 1.14. The van der Waals surface area contributed by atoms with E-state index in [1.807, 2.05) is 0 Å². The molecule has 3 rings (SSSR count). The van der Waals surface area contributed by atoms with E-state index in [0.29, 0.717) is 11.3 Å². The molecule has 0 spiro atoms. The number of carbonyl (C=O) groups is 1. The highest BCUT2D eigenvalue weighted by Gasteiger charge is 2.40. The summed E-state index contributed by atoms with van der Waals surface area (Å²) >= 11 is 0.691. The number of rotatable bonds is 2. The van der Waals surface area contributed by atoms with Crippen molar-refractivity contribution in [2.75, 3.05) is 7.11 Å². The van der Waals surface area contributed by atoms with Gasteiger partial charge < -0.3 is 14.3 Å². The van der Waals surface area contributed by atoms with Gasteiger partial charge in [-0.05, 0) is 24.3 Å². The summed E-state index contributed by atoms with van der Waals surface area (Å²) in [5.74, 6) is -2.55. The molecule has 1 N–H and O–H groups in total. The number of methoxy groups -OCH3 is 1. The van der Waals surface area contributed by atoms with Crippen LogP contribution in [-0.4, -0.2) is 18.2 Å². The first kappa shape index (κ1) is 17.0. The summed E-state index contributed by atoms with van der Waals surface area (Å²) in [6, 6.07) is 5.78. The topological polar surface area (TPSA) is 76.7 Å². The lowest BCUT2D eigenvalue weighted by atomic mass is 10.1. The minimum atomic E-state index is -4.94. The van der Waals surface area contributed by atoms with Gasteiger partial charge in [0.2, 0.25) is 11.2 Å². The Morgan fingerprint density at radius 3 is 2.60 bits per heavy atom. The molecule has 0 saturated carbocycles. The average molecular weight is 370 g/mol. The number of hydrogen-bond acceptors (Lipinski definition) is 6. The Morgan fingerprint density at radius 2 is 1.96 bits per heavy atom. The normalized spacial score (nSPS) is 11.7. The van der Waals surface area contributed by atoms with Crippen molar-refractivity contribution in [3.8, 4) is 16.2 Å². The predicted octanol–water partition coefficient (Wildman–Crippen LogP) is 4.03. The molecule has 0 unspecified atom stereocenters. The van der Waals surface area contributed by atoms with Crippen LogP contribution in [0.2, 0.25) is 0 Å². The molecule has 0 atom stereocenters. The monoisotopic (exact) mass is 370 g/mol. The van der Waals surface area contributed by atoms with Crippen LogP contribution in [0.3, 0.4) is 0 Å². The number of carbonyl (C=O) groups excluding carboxylic acids is 1. The van der Waals surface area contributed by atoms with Crippen LogP contribution in [0, 0.1) is 0 Å². The number of ether oxygens (including phenoxy) is 1. The Labute approximate surface area is 141 Å². The van der Waals surface area contributed by atoms with Gasteiger partial charge in [0.15, 0.2) is 0 Å². The number of fused-ring (bicyclic) bond motifs is 1. The summed E-state index contributed by atoms with van der Waals surface area (Å²) < 4.78 is 49.6. The van der Waals surface area contributed by atoms with E-state index in [9.17, 15) is 27.9 Å². The molecule has 9 heteroatoms. The van der Waals surface area contributed by atoms with E-state index in [2.05, 4.69) is 4.74 Å². The van der Waals surface area contributed by atoms with Gasteiger partial charge in [0, 0.05) is 10.9 Å². The highest BCUT2D eigenvalue weighted by Crippen LogP contribution is 2.39. The van der Waals surface area contributed by atoms with Crippen molar-refractivity contribution in [1.82, 2.24) is 0 Å². The molecule has 0 aliphatic heterocycles. The molecule has 0 fully saturated rings. The van der Waals surface area contributed by atoms with E-state index in [1.165, 1.54) is 24.3 Å². The average Bonchev–Trinajstić information content (AvgIpc) is 3.02. The molecule has 0 amide bonds. The summed E-state index contributed by atoms with van der Waals surface area (Å²) in [4.78, 5) is 24.1. The van der Waals surface area contributed by atoms with E-state index >= 15 is 0 Å². The number of halogens is 3. The second-order valence-electron chi connectivity index (χ2n) is 4.97. The molecule has 2 heterocycles. The first-order valence-electron chi connectivity index (χ1n) is 6.78. The molecule has 0 bridgehead atoms. The molecule has 3 aromatic rings. The zero-order chi connectivity index (χ0) is 18.4.